The van der Waals surface area contributed by atoms with E-state index in [9.17, 15) is 29.1 Å². The van der Waals surface area contributed by atoms with E-state index >= 15 is 0 Å². The highest BCUT2D eigenvalue weighted by Crippen LogP contribution is 2.19. The number of amides is 3. The molecule has 2 rings (SSSR count). The average molecular weight is 522 g/mol. The topological polar surface area (TPSA) is 204 Å². The number of nitrogens with one attached hydrogen (secondary N) is 4. The summed E-state index contributed by atoms with van der Waals surface area (Å²) in [4.78, 5) is 62.8. The highest BCUT2D eigenvalue weighted by atomic mass is 32.2. The largest absolute Gasteiger partial charge is 0.481 e. The van der Waals surface area contributed by atoms with Crippen LogP contribution < -0.4 is 21.7 Å². The molecule has 0 spiro atoms. The Morgan fingerprint density at radius 1 is 1.03 bits per heavy atom. The van der Waals surface area contributed by atoms with Crippen LogP contribution in [0.1, 0.15) is 24.8 Å². The zero-order valence-electron chi connectivity index (χ0n) is 19.8. The van der Waals surface area contributed by atoms with Crippen LogP contribution in [0.3, 0.4) is 0 Å². The van der Waals surface area contributed by atoms with E-state index in [2.05, 4.69) is 20.9 Å². The van der Waals surface area contributed by atoms with Gasteiger partial charge in [0.1, 0.15) is 12.1 Å². The van der Waals surface area contributed by atoms with Gasteiger partial charge in [-0.2, -0.15) is 11.8 Å². The van der Waals surface area contributed by atoms with E-state index in [0.717, 1.165) is 16.5 Å². The molecule has 0 fully saturated rings. The Kier molecular flexibility index (Phi) is 11.2. The van der Waals surface area contributed by atoms with Crippen molar-refractivity contribution in [1.82, 2.24) is 20.9 Å². The van der Waals surface area contributed by atoms with Gasteiger partial charge in [0.05, 0.1) is 12.6 Å². The number of aliphatic carboxylic acids is 2. The first-order valence-electron chi connectivity index (χ1n) is 11.2. The molecule has 0 bridgehead atoms. The average Bonchev–Trinajstić information content (AvgIpc) is 3.25. The lowest BCUT2D eigenvalue weighted by atomic mass is 10.0. The van der Waals surface area contributed by atoms with Gasteiger partial charge in [-0.1, -0.05) is 18.2 Å². The number of hydrogen-bond donors (Lipinski definition) is 7. The van der Waals surface area contributed by atoms with Gasteiger partial charge in [0.2, 0.25) is 17.7 Å². The van der Waals surface area contributed by atoms with Crippen LogP contribution in [0, 0.1) is 0 Å². The molecule has 0 radical (unpaired) electrons. The highest BCUT2D eigenvalue weighted by molar-refractivity contribution is 7.98. The van der Waals surface area contributed by atoms with Crippen molar-refractivity contribution in [2.75, 3.05) is 18.6 Å². The fourth-order valence-corrected chi connectivity index (χ4v) is 3.92. The highest BCUT2D eigenvalue weighted by Gasteiger charge is 2.26. The van der Waals surface area contributed by atoms with Crippen molar-refractivity contribution < 1.29 is 34.2 Å². The molecule has 1 heterocycles. The van der Waals surface area contributed by atoms with E-state index in [1.165, 1.54) is 11.8 Å². The number of H-pyrrole nitrogens is 1. The van der Waals surface area contributed by atoms with Crippen LogP contribution in [-0.4, -0.2) is 81.5 Å². The number of rotatable bonds is 15. The summed E-state index contributed by atoms with van der Waals surface area (Å²) in [7, 11) is 0. The maximum atomic E-state index is 12.6. The monoisotopic (exact) mass is 521 g/mol. The van der Waals surface area contributed by atoms with Crippen molar-refractivity contribution in [2.24, 2.45) is 5.73 Å². The number of carboxylic acids is 2. The maximum Gasteiger partial charge on any atom is 0.326 e. The van der Waals surface area contributed by atoms with Gasteiger partial charge < -0.3 is 36.9 Å². The van der Waals surface area contributed by atoms with Crippen LogP contribution in [0.15, 0.2) is 30.5 Å². The molecule has 0 aliphatic heterocycles. The minimum absolute atomic E-state index is 0.0413. The predicted molar refractivity (Wildman–Crippen MR) is 134 cm³/mol. The molecule has 2 aromatic rings. The van der Waals surface area contributed by atoms with Crippen LogP contribution in [-0.2, 0) is 30.4 Å². The predicted octanol–water partition coefficient (Wildman–Crippen LogP) is -0.174. The number of nitrogens with two attached hydrogens (primary N) is 1. The minimum Gasteiger partial charge on any atom is -0.481 e. The maximum absolute atomic E-state index is 12.6. The molecule has 13 heteroatoms. The molecule has 1 aromatic carbocycles. The number of para-hydroxylation sites is 1. The molecule has 12 nitrogen and oxygen atoms in total. The van der Waals surface area contributed by atoms with Crippen LogP contribution in [0.5, 0.6) is 0 Å². The van der Waals surface area contributed by atoms with Gasteiger partial charge in [-0.05, 0) is 36.5 Å². The lowest BCUT2D eigenvalue weighted by Gasteiger charge is -2.20. The van der Waals surface area contributed by atoms with E-state index in [4.69, 9.17) is 10.8 Å². The van der Waals surface area contributed by atoms with Crippen LogP contribution in [0.25, 0.3) is 10.9 Å². The smallest absolute Gasteiger partial charge is 0.326 e. The fourth-order valence-electron chi connectivity index (χ4n) is 3.45. The van der Waals surface area contributed by atoms with Gasteiger partial charge >= 0.3 is 11.9 Å². The third-order valence-electron chi connectivity index (χ3n) is 5.41. The zero-order valence-corrected chi connectivity index (χ0v) is 20.6. The Bertz CT molecular complexity index is 1090. The molecule has 0 saturated carbocycles. The van der Waals surface area contributed by atoms with Crippen molar-refractivity contribution >= 4 is 52.3 Å². The number of carboxylic acid groups (broad SMARTS) is 2. The Balaban J connectivity index is 1.93. The third-order valence-corrected chi connectivity index (χ3v) is 6.05. The first-order chi connectivity index (χ1) is 17.1. The van der Waals surface area contributed by atoms with Gasteiger partial charge in [-0.15, -0.1) is 0 Å². The van der Waals surface area contributed by atoms with Crippen molar-refractivity contribution in [3.05, 3.63) is 36.0 Å². The van der Waals surface area contributed by atoms with Gasteiger partial charge in [0.25, 0.3) is 0 Å². The van der Waals surface area contributed by atoms with E-state index < -0.39 is 54.3 Å². The second kappa shape index (κ2) is 14.1. The number of hydrogen-bond acceptors (Lipinski definition) is 7. The number of aromatic nitrogens is 1. The van der Waals surface area contributed by atoms with Crippen LogP contribution in [0.4, 0.5) is 0 Å². The van der Waals surface area contributed by atoms with Gasteiger partial charge in [0.15, 0.2) is 0 Å². The van der Waals surface area contributed by atoms with Crippen molar-refractivity contribution in [2.45, 2.75) is 43.8 Å². The van der Waals surface area contributed by atoms with E-state index in [1.807, 2.05) is 30.5 Å². The fraction of sp³-hybridized carbons (Fsp3) is 0.435. The molecular formula is C23H31N5O7S. The van der Waals surface area contributed by atoms with E-state index in [1.54, 1.807) is 6.20 Å². The molecule has 1 aromatic heterocycles. The number of aromatic amines is 1. The summed E-state index contributed by atoms with van der Waals surface area (Å²) in [6.07, 6.45) is 3.43. The minimum atomic E-state index is -1.22. The Labute approximate surface area is 211 Å². The Morgan fingerprint density at radius 2 is 1.75 bits per heavy atom. The Hall–Kier alpha value is -3.58. The normalized spacial score (nSPS) is 13.4. The zero-order chi connectivity index (χ0) is 26.7. The van der Waals surface area contributed by atoms with Crippen molar-refractivity contribution in [3.63, 3.8) is 0 Å². The van der Waals surface area contributed by atoms with Gasteiger partial charge in [-0.25, -0.2) is 4.79 Å². The van der Waals surface area contributed by atoms with Crippen LogP contribution >= 0.6 is 11.8 Å². The molecule has 0 aliphatic rings. The number of thioether (sulfide) groups is 1. The molecular weight excluding hydrogens is 490 g/mol. The number of fused-ring (bicyclic) bond motifs is 1. The van der Waals surface area contributed by atoms with E-state index in [0.29, 0.717) is 5.75 Å². The molecule has 0 saturated heterocycles. The molecule has 8 N–H and O–H groups in total. The number of carbonyl (C=O) groups is 5. The quantitative estimate of drug-likeness (QED) is 0.166. The van der Waals surface area contributed by atoms with Gasteiger partial charge in [0, 0.05) is 29.9 Å². The molecule has 3 unspecified atom stereocenters. The van der Waals surface area contributed by atoms with Crippen molar-refractivity contribution in [1.29, 1.82) is 0 Å². The second-order valence-corrected chi connectivity index (χ2v) is 9.11. The summed E-state index contributed by atoms with van der Waals surface area (Å²) in [5, 5.41) is 26.5. The first-order valence-corrected chi connectivity index (χ1v) is 12.6. The molecule has 0 aliphatic carbocycles. The summed E-state index contributed by atoms with van der Waals surface area (Å²) < 4.78 is 0. The molecule has 196 valence electrons. The van der Waals surface area contributed by atoms with Gasteiger partial charge in [-0.3, -0.25) is 19.2 Å². The standard InChI is InChI=1S/C23H31N5O7S/c1-36-9-8-17(28-21(32)15(24)6-7-20(30)31)22(33)26-12-19(29)27-18(23(34)35)10-13-11-25-16-5-3-2-4-14(13)16/h2-5,11,15,17-18,25H,6-10,12,24H2,1H3,(H,26,33)(H,27,29)(H,28,32)(H,30,31)(H,34,35). The summed E-state index contributed by atoms with van der Waals surface area (Å²) in [5.41, 5.74) is 7.27. The Morgan fingerprint density at radius 3 is 2.42 bits per heavy atom. The summed E-state index contributed by atoms with van der Waals surface area (Å²) in [6, 6.07) is 4.07. The lowest BCUT2D eigenvalue weighted by molar-refractivity contribution is -0.141. The lowest BCUT2D eigenvalue weighted by Crippen LogP contribution is -2.53. The second-order valence-electron chi connectivity index (χ2n) is 8.12. The molecule has 36 heavy (non-hydrogen) atoms. The summed E-state index contributed by atoms with van der Waals surface area (Å²) in [5.74, 6) is -3.80. The third kappa shape index (κ3) is 8.89. The van der Waals surface area contributed by atoms with Crippen molar-refractivity contribution in [3.8, 4) is 0 Å². The summed E-state index contributed by atoms with van der Waals surface area (Å²) >= 11 is 1.45. The molecule has 3 amide bonds. The molecule has 3 atom stereocenters. The van der Waals surface area contributed by atoms with Crippen LogP contribution in [0.2, 0.25) is 0 Å². The number of benzene rings is 1. The summed E-state index contributed by atoms with van der Waals surface area (Å²) in [6.45, 7) is -0.493. The first kappa shape index (κ1) is 28.7. The SMILES string of the molecule is CSCCC(NC(=O)C(N)CCC(=O)O)C(=O)NCC(=O)NC(Cc1c[nH]c2ccccc12)C(=O)O. The number of carbonyl (C=O) groups excluding carboxylic acids is 3. The van der Waals surface area contributed by atoms with E-state index in [-0.39, 0.29) is 25.7 Å².